The van der Waals surface area contributed by atoms with Gasteiger partial charge in [-0.15, -0.1) is 0 Å². The van der Waals surface area contributed by atoms with Gasteiger partial charge in [-0.3, -0.25) is 9.48 Å². The Kier molecular flexibility index (Phi) is 3.24. The Bertz CT molecular complexity index is 350. The largest absolute Gasteiger partial charge is 0.375 e. The molecule has 5 nitrogen and oxygen atoms in total. The molecule has 1 amide bonds. The summed E-state index contributed by atoms with van der Waals surface area (Å²) in [5.41, 5.74) is 0. The minimum atomic E-state index is 0.103. The smallest absolute Gasteiger partial charge is 0.244 e. The van der Waals surface area contributed by atoms with Crippen LogP contribution in [0.5, 0.6) is 0 Å². The fraction of sp³-hybridized carbons (Fsp3) is 0.636. The molecule has 88 valence electrons. The van der Waals surface area contributed by atoms with Gasteiger partial charge >= 0.3 is 0 Å². The van der Waals surface area contributed by atoms with Crippen LogP contribution >= 0.6 is 0 Å². The minimum absolute atomic E-state index is 0.103. The lowest BCUT2D eigenvalue weighted by Crippen LogP contribution is -2.51. The molecule has 0 bridgehead atoms. The summed E-state index contributed by atoms with van der Waals surface area (Å²) in [5.74, 6) is 0.103. The van der Waals surface area contributed by atoms with Gasteiger partial charge in [0.15, 0.2) is 0 Å². The molecule has 0 saturated carbocycles. The molecule has 1 aromatic heterocycles. The maximum absolute atomic E-state index is 12.0. The number of amides is 1. The highest BCUT2D eigenvalue weighted by atomic mass is 16.5. The van der Waals surface area contributed by atoms with Crippen molar-refractivity contribution >= 4 is 5.91 Å². The Balaban J connectivity index is 1.97. The molecule has 0 unspecified atom stereocenters. The molecule has 0 aromatic carbocycles. The van der Waals surface area contributed by atoms with E-state index in [1.54, 1.807) is 17.1 Å². The molecule has 2 atom stereocenters. The van der Waals surface area contributed by atoms with Gasteiger partial charge < -0.3 is 9.64 Å². The highest BCUT2D eigenvalue weighted by Gasteiger charge is 2.27. The van der Waals surface area contributed by atoms with E-state index in [0.717, 1.165) is 0 Å². The summed E-state index contributed by atoms with van der Waals surface area (Å²) >= 11 is 0. The predicted octanol–water partition coefficient (Wildman–Crippen LogP) is 0.519. The van der Waals surface area contributed by atoms with Crippen molar-refractivity contribution in [3.8, 4) is 0 Å². The van der Waals surface area contributed by atoms with E-state index in [9.17, 15) is 4.79 Å². The third-order valence-corrected chi connectivity index (χ3v) is 2.78. The molecule has 0 radical (unpaired) electrons. The van der Waals surface area contributed by atoms with Gasteiger partial charge in [0, 0.05) is 18.9 Å². The van der Waals surface area contributed by atoms with Gasteiger partial charge in [0.05, 0.1) is 18.8 Å². The Morgan fingerprint density at radius 3 is 3.06 bits per heavy atom. The number of hydrogen-bond donors (Lipinski definition) is 0. The molecule has 1 saturated heterocycles. The number of nitrogens with zero attached hydrogens (tertiary/aromatic N) is 3. The third-order valence-electron chi connectivity index (χ3n) is 2.78. The molecule has 1 fully saturated rings. The van der Waals surface area contributed by atoms with Crippen LogP contribution in [0.3, 0.4) is 0 Å². The van der Waals surface area contributed by atoms with Crippen LogP contribution in [0.2, 0.25) is 0 Å². The van der Waals surface area contributed by atoms with Crippen LogP contribution in [-0.2, 0) is 16.1 Å². The van der Waals surface area contributed by atoms with Crippen molar-refractivity contribution in [2.45, 2.75) is 32.5 Å². The number of hydrogen-bond acceptors (Lipinski definition) is 3. The molecule has 1 aliphatic heterocycles. The van der Waals surface area contributed by atoms with Gasteiger partial charge in [-0.05, 0) is 19.9 Å². The van der Waals surface area contributed by atoms with E-state index in [-0.39, 0.29) is 18.1 Å². The molecular weight excluding hydrogens is 206 g/mol. The summed E-state index contributed by atoms with van der Waals surface area (Å²) in [4.78, 5) is 13.9. The number of aromatic nitrogens is 2. The van der Waals surface area contributed by atoms with Crippen molar-refractivity contribution < 1.29 is 9.53 Å². The average molecular weight is 223 g/mol. The molecule has 5 heteroatoms. The van der Waals surface area contributed by atoms with E-state index in [1.807, 2.05) is 24.8 Å². The zero-order valence-corrected chi connectivity index (χ0v) is 9.67. The van der Waals surface area contributed by atoms with Crippen LogP contribution in [0, 0.1) is 0 Å². The Hall–Kier alpha value is -1.36. The lowest BCUT2D eigenvalue weighted by molar-refractivity contribution is -0.144. The van der Waals surface area contributed by atoms with E-state index in [2.05, 4.69) is 5.10 Å². The SMILES string of the molecule is C[C@@H]1CN(C(=O)Cn2cccn2)[C@@H](C)CO1. The molecular formula is C11H17N3O2. The van der Waals surface area contributed by atoms with E-state index in [0.29, 0.717) is 19.7 Å². The fourth-order valence-electron chi connectivity index (χ4n) is 1.87. The van der Waals surface area contributed by atoms with Crippen LogP contribution in [0.1, 0.15) is 13.8 Å². The quantitative estimate of drug-likeness (QED) is 0.734. The fourth-order valence-corrected chi connectivity index (χ4v) is 1.87. The number of carbonyl (C=O) groups is 1. The van der Waals surface area contributed by atoms with Crippen molar-refractivity contribution in [2.24, 2.45) is 0 Å². The number of carbonyl (C=O) groups excluding carboxylic acids is 1. The second-order valence-electron chi connectivity index (χ2n) is 4.24. The van der Waals surface area contributed by atoms with Gasteiger partial charge in [0.1, 0.15) is 6.54 Å². The zero-order chi connectivity index (χ0) is 11.5. The molecule has 16 heavy (non-hydrogen) atoms. The second-order valence-corrected chi connectivity index (χ2v) is 4.24. The van der Waals surface area contributed by atoms with Crippen LogP contribution in [-0.4, -0.2) is 45.9 Å². The van der Waals surface area contributed by atoms with E-state index < -0.39 is 0 Å². The monoisotopic (exact) mass is 223 g/mol. The molecule has 0 aliphatic carbocycles. The van der Waals surface area contributed by atoms with Crippen molar-refractivity contribution in [3.63, 3.8) is 0 Å². The van der Waals surface area contributed by atoms with Gasteiger partial charge in [-0.1, -0.05) is 0 Å². The topological polar surface area (TPSA) is 47.4 Å². The first kappa shape index (κ1) is 11.1. The maximum atomic E-state index is 12.0. The normalized spacial score (nSPS) is 25.8. The summed E-state index contributed by atoms with van der Waals surface area (Å²) in [6, 6.07) is 1.97. The summed E-state index contributed by atoms with van der Waals surface area (Å²) < 4.78 is 7.14. The average Bonchev–Trinajstić information content (AvgIpc) is 2.74. The van der Waals surface area contributed by atoms with Crippen molar-refractivity contribution in [1.82, 2.24) is 14.7 Å². The maximum Gasteiger partial charge on any atom is 0.244 e. The van der Waals surface area contributed by atoms with Crippen LogP contribution in [0.4, 0.5) is 0 Å². The predicted molar refractivity (Wildman–Crippen MR) is 58.8 cm³/mol. The number of morpholine rings is 1. The molecule has 1 aromatic rings. The lowest BCUT2D eigenvalue weighted by Gasteiger charge is -2.36. The molecule has 2 rings (SSSR count). The number of rotatable bonds is 2. The summed E-state index contributed by atoms with van der Waals surface area (Å²) in [7, 11) is 0. The standard InChI is InChI=1S/C11H17N3O2/c1-9-8-16-10(2)6-14(9)11(15)7-13-5-3-4-12-13/h3-5,9-10H,6-8H2,1-2H3/t9-,10+/m0/s1. The van der Waals surface area contributed by atoms with Gasteiger partial charge in [0.2, 0.25) is 5.91 Å². The third kappa shape index (κ3) is 2.41. The van der Waals surface area contributed by atoms with Crippen molar-refractivity contribution in [2.75, 3.05) is 13.2 Å². The van der Waals surface area contributed by atoms with Crippen LogP contribution in [0.15, 0.2) is 18.5 Å². The highest BCUT2D eigenvalue weighted by Crippen LogP contribution is 2.11. The Morgan fingerprint density at radius 2 is 2.38 bits per heavy atom. The van der Waals surface area contributed by atoms with E-state index in [1.165, 1.54) is 0 Å². The highest BCUT2D eigenvalue weighted by molar-refractivity contribution is 5.76. The molecule has 0 N–H and O–H groups in total. The van der Waals surface area contributed by atoms with Gasteiger partial charge in [-0.2, -0.15) is 5.10 Å². The summed E-state index contributed by atoms with van der Waals surface area (Å²) in [5, 5.41) is 4.03. The zero-order valence-electron chi connectivity index (χ0n) is 9.67. The van der Waals surface area contributed by atoms with Crippen molar-refractivity contribution in [3.05, 3.63) is 18.5 Å². The minimum Gasteiger partial charge on any atom is -0.375 e. The first-order valence-electron chi connectivity index (χ1n) is 5.55. The molecule has 2 heterocycles. The lowest BCUT2D eigenvalue weighted by atomic mass is 10.2. The Labute approximate surface area is 95.0 Å². The molecule has 1 aliphatic rings. The first-order chi connectivity index (χ1) is 7.66. The Morgan fingerprint density at radius 1 is 1.56 bits per heavy atom. The van der Waals surface area contributed by atoms with Crippen LogP contribution < -0.4 is 0 Å². The first-order valence-corrected chi connectivity index (χ1v) is 5.55. The van der Waals surface area contributed by atoms with Crippen LogP contribution in [0.25, 0.3) is 0 Å². The molecule has 0 spiro atoms. The van der Waals surface area contributed by atoms with Crippen molar-refractivity contribution in [1.29, 1.82) is 0 Å². The van der Waals surface area contributed by atoms with Gasteiger partial charge in [-0.25, -0.2) is 0 Å². The second kappa shape index (κ2) is 4.65. The van der Waals surface area contributed by atoms with Gasteiger partial charge in [0.25, 0.3) is 0 Å². The number of ether oxygens (including phenoxy) is 1. The van der Waals surface area contributed by atoms with E-state index >= 15 is 0 Å². The summed E-state index contributed by atoms with van der Waals surface area (Å²) in [6.45, 7) is 5.59. The summed E-state index contributed by atoms with van der Waals surface area (Å²) in [6.07, 6.45) is 3.60. The van der Waals surface area contributed by atoms with E-state index in [4.69, 9.17) is 4.74 Å².